The maximum Gasteiger partial charge on any atom is 0.523 e. The Labute approximate surface area is 104 Å². The minimum Gasteiger partial charge on any atom is -0.341 e. The van der Waals surface area contributed by atoms with E-state index in [-0.39, 0.29) is 0 Å². The molecule has 0 saturated carbocycles. The van der Waals surface area contributed by atoms with Crippen LogP contribution >= 0.6 is 6.72 Å². The summed E-state index contributed by atoms with van der Waals surface area (Å²) in [6.07, 6.45) is 0. The topological polar surface area (TPSA) is 89.7 Å². The lowest BCUT2D eigenvalue weighted by Gasteiger charge is -2.17. The summed E-state index contributed by atoms with van der Waals surface area (Å²) in [4.78, 5) is 37.5. The fourth-order valence-electron chi connectivity index (χ4n) is 1.34. The third-order valence-electron chi connectivity index (χ3n) is 2.08. The number of aryl methyl sites for hydroxylation is 1. The molecule has 1 aromatic heterocycles. The van der Waals surface area contributed by atoms with Crippen molar-refractivity contribution < 1.29 is 14.7 Å². The molecular formula is C9H17N3O3PS+. The van der Waals surface area contributed by atoms with Crippen LogP contribution < -0.4 is 4.90 Å². The van der Waals surface area contributed by atoms with Gasteiger partial charge in [0, 0.05) is 24.8 Å². The van der Waals surface area contributed by atoms with Gasteiger partial charge in [0.2, 0.25) is 5.95 Å². The number of anilines is 1. The van der Waals surface area contributed by atoms with Crippen molar-refractivity contribution in [2.75, 3.05) is 18.0 Å². The van der Waals surface area contributed by atoms with Crippen molar-refractivity contribution >= 4 is 23.6 Å². The zero-order valence-corrected chi connectivity index (χ0v) is 11.7. The fraction of sp³-hybridized carbons (Fsp3) is 0.556. The third-order valence-corrected chi connectivity index (χ3v) is 4.02. The maximum absolute atomic E-state index is 9.02. The van der Waals surface area contributed by atoms with Gasteiger partial charge in [0.25, 0.3) is 0 Å². The minimum absolute atomic E-state index is 0.361. The molecule has 0 aliphatic rings. The van der Waals surface area contributed by atoms with Gasteiger partial charge in [-0.25, -0.2) is 4.98 Å². The molecule has 17 heavy (non-hydrogen) atoms. The molecule has 0 spiro atoms. The first-order chi connectivity index (χ1) is 7.85. The highest BCUT2D eigenvalue weighted by molar-refractivity contribution is 8.16. The van der Waals surface area contributed by atoms with Crippen molar-refractivity contribution in [3.05, 3.63) is 11.8 Å². The molecule has 0 aliphatic carbocycles. The molecule has 0 bridgehead atoms. The van der Waals surface area contributed by atoms with Crippen LogP contribution in [0.5, 0.6) is 0 Å². The van der Waals surface area contributed by atoms with Crippen LogP contribution in [0, 0.1) is 6.92 Å². The van der Waals surface area contributed by atoms with E-state index in [9.17, 15) is 0 Å². The molecule has 8 heteroatoms. The van der Waals surface area contributed by atoms with E-state index >= 15 is 0 Å². The molecule has 1 heterocycles. The molecule has 0 radical (unpaired) electrons. The second kappa shape index (κ2) is 5.84. The highest BCUT2D eigenvalue weighted by Crippen LogP contribution is 2.33. The lowest BCUT2D eigenvalue weighted by atomic mass is 10.4. The summed E-state index contributed by atoms with van der Waals surface area (Å²) >= 11 is 0. The van der Waals surface area contributed by atoms with E-state index in [1.165, 1.54) is 0 Å². The summed E-state index contributed by atoms with van der Waals surface area (Å²) in [5, 5.41) is 0.361. The van der Waals surface area contributed by atoms with E-state index in [1.807, 2.05) is 18.7 Å². The molecule has 0 unspecified atom stereocenters. The van der Waals surface area contributed by atoms with Gasteiger partial charge in [0.15, 0.2) is 0 Å². The van der Waals surface area contributed by atoms with Crippen molar-refractivity contribution in [3.63, 3.8) is 0 Å². The predicted octanol–water partition coefficient (Wildman–Crippen LogP) is 0.727. The minimum atomic E-state index is -3.92. The Morgan fingerprint density at radius 1 is 1.24 bits per heavy atom. The normalized spacial score (nSPS) is 11.4. The third kappa shape index (κ3) is 4.65. The van der Waals surface area contributed by atoms with Crippen molar-refractivity contribution in [1.82, 2.24) is 9.97 Å². The SMILES string of the molecule is CCN(CC)c1nc(C)cc([S+]=P(O)(O)O)n1. The number of nitrogens with zero attached hydrogens (tertiary/aromatic N) is 3. The molecule has 6 nitrogen and oxygen atoms in total. The molecule has 0 aromatic carbocycles. The Morgan fingerprint density at radius 2 is 1.82 bits per heavy atom. The second-order valence-electron chi connectivity index (χ2n) is 3.42. The largest absolute Gasteiger partial charge is 0.523 e. The van der Waals surface area contributed by atoms with Gasteiger partial charge in [-0.3, -0.25) is 14.7 Å². The Bertz CT molecular complexity index is 437. The van der Waals surface area contributed by atoms with Crippen LogP contribution in [0.15, 0.2) is 11.1 Å². The predicted molar refractivity (Wildman–Crippen MR) is 69.5 cm³/mol. The second-order valence-corrected chi connectivity index (χ2v) is 7.07. The van der Waals surface area contributed by atoms with Gasteiger partial charge in [-0.2, -0.15) is 4.98 Å². The summed E-state index contributed by atoms with van der Waals surface area (Å²) in [5.74, 6) is 0.533. The Morgan fingerprint density at radius 3 is 2.29 bits per heavy atom. The van der Waals surface area contributed by atoms with Gasteiger partial charge in [0.1, 0.15) is 0 Å². The standard InChI is InChI=1S/C9H17N3O3PS/c1-4-12(5-2)9-10-7(3)6-8(11-9)17-16(13,14)15/h6,13-15H,4-5H2,1-3H3/q+1. The van der Waals surface area contributed by atoms with Crippen LogP contribution in [0.3, 0.4) is 0 Å². The zero-order chi connectivity index (χ0) is 13.1. The molecule has 0 aliphatic heterocycles. The Hall–Kier alpha value is -0.590. The van der Waals surface area contributed by atoms with Crippen LogP contribution in [0.2, 0.25) is 0 Å². The number of aromatic nitrogens is 2. The van der Waals surface area contributed by atoms with Crippen LogP contribution in [-0.4, -0.2) is 37.7 Å². The van der Waals surface area contributed by atoms with E-state index in [0.717, 1.165) is 18.8 Å². The molecule has 1 rings (SSSR count). The van der Waals surface area contributed by atoms with Crippen LogP contribution in [0.1, 0.15) is 19.5 Å². The monoisotopic (exact) mass is 278 g/mol. The van der Waals surface area contributed by atoms with Crippen LogP contribution in [-0.2, 0) is 10.9 Å². The van der Waals surface area contributed by atoms with Crippen molar-refractivity contribution in [1.29, 1.82) is 0 Å². The fourth-order valence-corrected chi connectivity index (χ4v) is 2.97. The summed E-state index contributed by atoms with van der Waals surface area (Å²) < 4.78 is 0. The lowest BCUT2D eigenvalue weighted by molar-refractivity contribution is 0.363. The van der Waals surface area contributed by atoms with Gasteiger partial charge in [-0.05, 0) is 20.8 Å². The first-order valence-corrected chi connectivity index (χ1v) is 8.30. The molecule has 1 aromatic rings. The lowest BCUT2D eigenvalue weighted by Crippen LogP contribution is -2.24. The van der Waals surface area contributed by atoms with Gasteiger partial charge >= 0.3 is 22.7 Å². The molecule has 0 fully saturated rings. The van der Waals surface area contributed by atoms with E-state index in [2.05, 4.69) is 9.97 Å². The smallest absolute Gasteiger partial charge is 0.341 e. The van der Waals surface area contributed by atoms with E-state index in [1.54, 1.807) is 13.0 Å². The molecular weight excluding hydrogens is 261 g/mol. The average molecular weight is 278 g/mol. The summed E-state index contributed by atoms with van der Waals surface area (Å²) in [6, 6.07) is 1.61. The summed E-state index contributed by atoms with van der Waals surface area (Å²) in [6.45, 7) is 3.39. The zero-order valence-electron chi connectivity index (χ0n) is 10.0. The number of rotatable bonds is 4. The van der Waals surface area contributed by atoms with E-state index < -0.39 is 6.72 Å². The van der Waals surface area contributed by atoms with Crippen molar-refractivity contribution in [3.8, 4) is 0 Å². The quantitative estimate of drug-likeness (QED) is 0.427. The molecule has 96 valence electrons. The molecule has 3 N–H and O–H groups in total. The number of hydrogen-bond donors (Lipinski definition) is 3. The molecule has 0 saturated heterocycles. The Kier molecular flexibility index (Phi) is 4.97. The average Bonchev–Trinajstić information content (AvgIpc) is 2.15. The molecule has 0 atom stereocenters. The molecule has 0 amide bonds. The first-order valence-electron chi connectivity index (χ1n) is 5.23. The highest BCUT2D eigenvalue weighted by Gasteiger charge is 2.24. The van der Waals surface area contributed by atoms with Gasteiger partial charge in [-0.1, -0.05) is 0 Å². The van der Waals surface area contributed by atoms with Gasteiger partial charge in [0.05, 0.1) is 0 Å². The van der Waals surface area contributed by atoms with E-state index in [0.29, 0.717) is 21.9 Å². The van der Waals surface area contributed by atoms with Crippen molar-refractivity contribution in [2.24, 2.45) is 0 Å². The van der Waals surface area contributed by atoms with E-state index in [4.69, 9.17) is 14.7 Å². The van der Waals surface area contributed by atoms with Crippen LogP contribution in [0.25, 0.3) is 0 Å². The highest BCUT2D eigenvalue weighted by atomic mass is 32.5. The van der Waals surface area contributed by atoms with Gasteiger partial charge < -0.3 is 4.90 Å². The summed E-state index contributed by atoms with van der Waals surface area (Å²) in [5.41, 5.74) is 0.720. The van der Waals surface area contributed by atoms with Gasteiger partial charge in [-0.15, -0.1) is 0 Å². The Balaban J connectivity index is 3.19. The van der Waals surface area contributed by atoms with Crippen molar-refractivity contribution in [2.45, 2.75) is 25.8 Å². The van der Waals surface area contributed by atoms with Crippen LogP contribution in [0.4, 0.5) is 5.95 Å². The summed E-state index contributed by atoms with van der Waals surface area (Å²) in [7, 11) is 0.567. The number of hydrogen-bond acceptors (Lipinski definition) is 3. The maximum atomic E-state index is 9.02. The first kappa shape index (κ1) is 14.5.